The average molecular weight is 504 g/mol. The second-order valence-corrected chi connectivity index (χ2v) is 9.03. The quantitative estimate of drug-likeness (QED) is 0.317. The minimum atomic E-state index is -0.196. The first kappa shape index (κ1) is 29.3. The van der Waals surface area contributed by atoms with Gasteiger partial charge in [0.15, 0.2) is 5.50 Å². The third-order valence-electron chi connectivity index (χ3n) is 5.80. The molecule has 0 radical (unpaired) electrons. The molecule has 0 aliphatic carbocycles. The first-order chi connectivity index (χ1) is 17.3. The molecule has 4 rings (SSSR count). The van der Waals surface area contributed by atoms with E-state index in [1.165, 1.54) is 37.1 Å². The number of rotatable bonds is 10. The van der Waals surface area contributed by atoms with E-state index >= 15 is 0 Å². The van der Waals surface area contributed by atoms with E-state index in [0.29, 0.717) is 0 Å². The van der Waals surface area contributed by atoms with Crippen LogP contribution in [-0.2, 0) is 13.0 Å². The lowest BCUT2D eigenvalue weighted by molar-refractivity contribution is 0.125. The fourth-order valence-corrected chi connectivity index (χ4v) is 4.87. The maximum absolute atomic E-state index is 13.1. The normalized spacial score (nSPS) is 18.0. The zero-order valence-electron chi connectivity index (χ0n) is 22.0. The zero-order chi connectivity index (χ0) is 25.3. The summed E-state index contributed by atoms with van der Waals surface area (Å²) in [6.07, 6.45) is 3.18. The van der Waals surface area contributed by atoms with Gasteiger partial charge in [-0.1, -0.05) is 70.2 Å². The van der Waals surface area contributed by atoms with Crippen molar-refractivity contribution in [2.24, 2.45) is 4.99 Å². The highest BCUT2D eigenvalue weighted by Gasteiger charge is 2.27. The van der Waals surface area contributed by atoms with Gasteiger partial charge in [-0.05, 0) is 61.1 Å². The van der Waals surface area contributed by atoms with Crippen LogP contribution in [0.4, 0.5) is 4.39 Å². The van der Waals surface area contributed by atoms with Gasteiger partial charge in [0.1, 0.15) is 11.7 Å². The van der Waals surface area contributed by atoms with Crippen molar-refractivity contribution in [2.45, 2.75) is 59.0 Å². The first-order valence-electron chi connectivity index (χ1n) is 13.2. The number of nitrogens with zero attached hydrogens (tertiary/aromatic N) is 3. The molecule has 1 unspecified atom stereocenters. The lowest BCUT2D eigenvalue weighted by atomic mass is 10.1. The van der Waals surface area contributed by atoms with Gasteiger partial charge in [-0.15, -0.1) is 0 Å². The topological polar surface area (TPSA) is 42.9 Å². The molecular formula is C28H46FN5S. The highest BCUT2D eigenvalue weighted by Crippen LogP contribution is 2.22. The fourth-order valence-electron chi connectivity index (χ4n) is 3.96. The standard InChI is InChI=1S/C24H32FN5S.2C2H6.H2/c25-22-10-8-20(9-11-22)18-23-27-24(31-28-23)30-16-14-29(15-17-30)13-5-4-12-26-19-21-6-2-1-3-7-21;2*1-2;/h1-3,6-11,24,26H,4-5,12-19H2,(H,27,28);2*1-2H3;1H. The van der Waals surface area contributed by atoms with E-state index in [4.69, 9.17) is 4.99 Å². The minimum Gasteiger partial charge on any atom is -0.315 e. The predicted octanol–water partition coefficient (Wildman–Crippen LogP) is 5.79. The van der Waals surface area contributed by atoms with Gasteiger partial charge in [-0.25, -0.2) is 9.38 Å². The van der Waals surface area contributed by atoms with Crippen LogP contribution >= 0.6 is 11.9 Å². The Labute approximate surface area is 218 Å². The maximum Gasteiger partial charge on any atom is 0.170 e. The Morgan fingerprint density at radius 2 is 1.63 bits per heavy atom. The van der Waals surface area contributed by atoms with Gasteiger partial charge >= 0.3 is 0 Å². The van der Waals surface area contributed by atoms with E-state index in [2.05, 4.69) is 50.2 Å². The van der Waals surface area contributed by atoms with Gasteiger partial charge in [-0.2, -0.15) is 0 Å². The molecule has 0 bridgehead atoms. The van der Waals surface area contributed by atoms with E-state index in [-0.39, 0.29) is 12.7 Å². The number of unbranched alkanes of at least 4 members (excludes halogenated alkanes) is 1. The lowest BCUT2D eigenvalue weighted by Crippen LogP contribution is -2.49. The number of aliphatic imine (C=N–C) groups is 1. The molecule has 1 fully saturated rings. The summed E-state index contributed by atoms with van der Waals surface area (Å²) in [4.78, 5) is 9.87. The third kappa shape index (κ3) is 10.7. The van der Waals surface area contributed by atoms with Crippen LogP contribution in [0.3, 0.4) is 0 Å². The summed E-state index contributed by atoms with van der Waals surface area (Å²) in [5.74, 6) is 0.783. The molecule has 0 amide bonds. The summed E-state index contributed by atoms with van der Waals surface area (Å²) in [7, 11) is 0. The SMILES string of the molecule is CC.CC.Fc1ccc(CC2=NC(N3CCN(CCCCNCc4ccccc4)CC3)SN2)cc1.[HH]. The van der Waals surface area contributed by atoms with Crippen LogP contribution in [0.15, 0.2) is 59.6 Å². The number of benzene rings is 2. The second kappa shape index (κ2) is 17.5. The predicted molar refractivity (Wildman–Crippen MR) is 152 cm³/mol. The van der Waals surface area contributed by atoms with E-state index in [1.54, 1.807) is 11.9 Å². The fraction of sp³-hybridized carbons (Fsp3) is 0.536. The molecule has 5 nitrogen and oxygen atoms in total. The van der Waals surface area contributed by atoms with Crippen LogP contribution in [0.25, 0.3) is 0 Å². The maximum atomic E-state index is 13.1. The lowest BCUT2D eigenvalue weighted by Gasteiger charge is -2.36. The van der Waals surface area contributed by atoms with E-state index in [9.17, 15) is 4.39 Å². The molecule has 2 aromatic rings. The van der Waals surface area contributed by atoms with Gasteiger partial charge < -0.3 is 14.9 Å². The Bertz CT molecular complexity index is 830. The third-order valence-corrected chi connectivity index (χ3v) is 6.77. The van der Waals surface area contributed by atoms with Crippen molar-refractivity contribution in [1.82, 2.24) is 19.8 Å². The molecule has 2 aromatic carbocycles. The van der Waals surface area contributed by atoms with Gasteiger partial charge in [-0.3, -0.25) is 4.90 Å². The number of halogens is 1. The number of hydrogen-bond donors (Lipinski definition) is 2. The smallest absolute Gasteiger partial charge is 0.170 e. The van der Waals surface area contributed by atoms with Crippen molar-refractivity contribution in [2.75, 3.05) is 39.3 Å². The van der Waals surface area contributed by atoms with E-state index in [1.807, 2.05) is 39.8 Å². The molecule has 2 N–H and O–H groups in total. The number of piperazine rings is 1. The number of hydrogen-bond acceptors (Lipinski definition) is 6. The second-order valence-electron chi connectivity index (χ2n) is 8.17. The minimum absolute atomic E-state index is 0. The van der Waals surface area contributed by atoms with Crippen LogP contribution in [0.1, 0.15) is 53.1 Å². The number of nitrogens with one attached hydrogen (secondary N) is 2. The molecule has 1 saturated heterocycles. The molecule has 7 heteroatoms. The Hall–Kier alpha value is -1.93. The summed E-state index contributed by atoms with van der Waals surface area (Å²) in [6, 6.07) is 17.2. The van der Waals surface area contributed by atoms with Gasteiger partial charge in [0.05, 0.1) is 0 Å². The van der Waals surface area contributed by atoms with Crippen LogP contribution in [0.2, 0.25) is 0 Å². The molecule has 2 aliphatic rings. The largest absolute Gasteiger partial charge is 0.315 e. The Morgan fingerprint density at radius 3 is 2.31 bits per heavy atom. The molecule has 196 valence electrons. The van der Waals surface area contributed by atoms with Crippen LogP contribution < -0.4 is 10.0 Å². The molecule has 2 heterocycles. The molecule has 0 saturated carbocycles. The van der Waals surface area contributed by atoms with Gasteiger partial charge in [0, 0.05) is 40.6 Å². The summed E-state index contributed by atoms with van der Waals surface area (Å²) in [5, 5.41) is 3.54. The first-order valence-corrected chi connectivity index (χ1v) is 14.1. The zero-order valence-corrected chi connectivity index (χ0v) is 22.8. The van der Waals surface area contributed by atoms with Crippen molar-refractivity contribution in [3.63, 3.8) is 0 Å². The average Bonchev–Trinajstić information content (AvgIpc) is 3.39. The highest BCUT2D eigenvalue weighted by molar-refractivity contribution is 7.98. The monoisotopic (exact) mass is 503 g/mol. The van der Waals surface area contributed by atoms with Crippen molar-refractivity contribution >= 4 is 17.8 Å². The van der Waals surface area contributed by atoms with E-state index < -0.39 is 0 Å². The van der Waals surface area contributed by atoms with Gasteiger partial charge in [0.25, 0.3) is 0 Å². The number of amidine groups is 1. The van der Waals surface area contributed by atoms with Crippen LogP contribution in [0.5, 0.6) is 0 Å². The van der Waals surface area contributed by atoms with Crippen molar-refractivity contribution in [3.05, 3.63) is 71.5 Å². The Morgan fingerprint density at radius 1 is 0.943 bits per heavy atom. The molecule has 1 atom stereocenters. The van der Waals surface area contributed by atoms with Gasteiger partial charge in [0.2, 0.25) is 0 Å². The molecular weight excluding hydrogens is 457 g/mol. The Kier molecular flexibility index (Phi) is 14.6. The summed E-state index contributed by atoms with van der Waals surface area (Å²) in [5.41, 5.74) is 2.58. The Balaban J connectivity index is 0.00000123. The summed E-state index contributed by atoms with van der Waals surface area (Å²) >= 11 is 1.68. The molecule has 0 aromatic heterocycles. The summed E-state index contributed by atoms with van der Waals surface area (Å²) in [6.45, 7) is 15.5. The molecule has 2 aliphatic heterocycles. The molecule has 0 spiro atoms. The van der Waals surface area contributed by atoms with Crippen molar-refractivity contribution < 1.29 is 5.82 Å². The summed E-state index contributed by atoms with van der Waals surface area (Å²) < 4.78 is 16.4. The molecule has 35 heavy (non-hydrogen) atoms. The van der Waals surface area contributed by atoms with Crippen molar-refractivity contribution in [3.8, 4) is 0 Å². The van der Waals surface area contributed by atoms with Crippen molar-refractivity contribution in [1.29, 1.82) is 0 Å². The van der Waals surface area contributed by atoms with Crippen LogP contribution in [0, 0.1) is 5.82 Å². The van der Waals surface area contributed by atoms with E-state index in [0.717, 1.165) is 57.1 Å². The van der Waals surface area contributed by atoms with Crippen LogP contribution in [-0.4, -0.2) is 60.4 Å². The highest BCUT2D eigenvalue weighted by atomic mass is 32.2.